The summed E-state index contributed by atoms with van der Waals surface area (Å²) in [6.07, 6.45) is 1.82. The van der Waals surface area contributed by atoms with Gasteiger partial charge in [-0.15, -0.1) is 0 Å². The number of fused-ring (bicyclic) bond motifs is 2. The third-order valence-corrected chi connectivity index (χ3v) is 15.2. The van der Waals surface area contributed by atoms with Gasteiger partial charge in [-0.3, -0.25) is 4.90 Å². The summed E-state index contributed by atoms with van der Waals surface area (Å²) in [6.45, 7) is 14.4. The van der Waals surface area contributed by atoms with Crippen molar-refractivity contribution in [3.05, 3.63) is 166 Å². The van der Waals surface area contributed by atoms with Gasteiger partial charge in [-0.2, -0.15) is 4.68 Å². The number of hydrogen-bond donors (Lipinski definition) is 0. The summed E-state index contributed by atoms with van der Waals surface area (Å²) in [7, 11) is -1.93. The van der Waals surface area contributed by atoms with Gasteiger partial charge >= 0.3 is 0 Å². The summed E-state index contributed by atoms with van der Waals surface area (Å²) in [5, 5.41) is 14.4. The highest BCUT2D eigenvalue weighted by molar-refractivity contribution is 6.74. The van der Waals surface area contributed by atoms with Crippen LogP contribution in [0.5, 0.6) is 0 Å². The fourth-order valence-electron chi connectivity index (χ4n) is 6.94. The second-order valence-corrected chi connectivity index (χ2v) is 19.4. The maximum absolute atomic E-state index is 6.74. The lowest BCUT2D eigenvalue weighted by molar-refractivity contribution is 0.275. The predicted molar refractivity (Wildman–Crippen MR) is 201 cm³/mol. The molecule has 7 rings (SSSR count). The van der Waals surface area contributed by atoms with E-state index in [0.29, 0.717) is 12.6 Å². The molecule has 0 radical (unpaired) electrons. The number of aromatic nitrogens is 4. The number of hydrogen-bond acceptors (Lipinski definition) is 5. The number of benzene rings is 5. The number of nitrogens with zero attached hydrogens (tertiary/aromatic N) is 5. The first-order valence-electron chi connectivity index (χ1n) is 17.2. The zero-order valence-electron chi connectivity index (χ0n) is 29.4. The molecule has 2 heterocycles. The first kappa shape index (κ1) is 32.7. The molecule has 0 unspecified atom stereocenters. The minimum atomic E-state index is -1.93. The van der Waals surface area contributed by atoms with E-state index in [0.717, 1.165) is 40.9 Å². The highest BCUT2D eigenvalue weighted by Gasteiger charge is 2.44. The van der Waals surface area contributed by atoms with Crippen LogP contribution in [0.1, 0.15) is 59.7 Å². The van der Waals surface area contributed by atoms with Gasteiger partial charge in [0.2, 0.25) is 0 Å². The first-order chi connectivity index (χ1) is 23.6. The van der Waals surface area contributed by atoms with Crippen LogP contribution in [0.2, 0.25) is 18.1 Å². The molecular formula is C42H45N5OSi. The molecule has 0 saturated carbocycles. The molecule has 0 saturated heterocycles. The van der Waals surface area contributed by atoms with Crippen LogP contribution in [0, 0.1) is 6.92 Å². The number of tetrazole rings is 1. The summed E-state index contributed by atoms with van der Waals surface area (Å²) in [6, 6.07) is 44.9. The van der Waals surface area contributed by atoms with Crippen molar-refractivity contribution in [1.29, 1.82) is 0 Å². The van der Waals surface area contributed by atoms with Crippen LogP contribution in [0.25, 0.3) is 0 Å². The molecule has 248 valence electrons. The Kier molecular flexibility index (Phi) is 8.59. The van der Waals surface area contributed by atoms with Gasteiger partial charge in [0.05, 0.1) is 18.0 Å². The van der Waals surface area contributed by atoms with Gasteiger partial charge in [-0.05, 0) is 99.4 Å². The Morgan fingerprint density at radius 2 is 1.22 bits per heavy atom. The van der Waals surface area contributed by atoms with E-state index in [-0.39, 0.29) is 5.04 Å². The number of anilines is 3. The minimum absolute atomic E-state index is 0.144. The molecule has 49 heavy (non-hydrogen) atoms. The largest absolute Gasteiger partial charge is 0.413 e. The van der Waals surface area contributed by atoms with Crippen LogP contribution in [0.15, 0.2) is 127 Å². The molecule has 0 fully saturated rings. The number of aryl methyl sites for hydroxylation is 1. The molecular weight excluding hydrogens is 619 g/mol. The van der Waals surface area contributed by atoms with Crippen LogP contribution in [-0.2, 0) is 29.4 Å². The lowest BCUT2D eigenvalue weighted by atomic mass is 9.77. The fourth-order valence-corrected chi connectivity index (χ4v) is 7.89. The Morgan fingerprint density at radius 3 is 1.80 bits per heavy atom. The van der Waals surface area contributed by atoms with Gasteiger partial charge in [0, 0.05) is 0 Å². The first-order valence-corrected chi connectivity index (χ1v) is 20.1. The fraction of sp³-hybridized carbons (Fsp3) is 0.262. The van der Waals surface area contributed by atoms with Crippen molar-refractivity contribution in [3.63, 3.8) is 0 Å². The van der Waals surface area contributed by atoms with E-state index in [9.17, 15) is 0 Å². The second kappa shape index (κ2) is 12.9. The molecule has 5 aromatic carbocycles. The molecule has 6 nitrogen and oxygen atoms in total. The zero-order valence-corrected chi connectivity index (χ0v) is 30.4. The minimum Gasteiger partial charge on any atom is -0.413 e. The van der Waals surface area contributed by atoms with Crippen LogP contribution in [0.4, 0.5) is 17.3 Å². The van der Waals surface area contributed by atoms with E-state index in [2.05, 4.69) is 178 Å². The lowest BCUT2D eigenvalue weighted by Crippen LogP contribution is -2.40. The smallest absolute Gasteiger partial charge is 0.256 e. The molecule has 0 atom stereocenters. The van der Waals surface area contributed by atoms with Gasteiger partial charge < -0.3 is 4.43 Å². The van der Waals surface area contributed by atoms with Crippen molar-refractivity contribution in [3.8, 4) is 0 Å². The molecule has 1 aliphatic rings. The Hall–Kier alpha value is -4.85. The Morgan fingerprint density at radius 1 is 0.673 bits per heavy atom. The summed E-state index contributed by atoms with van der Waals surface area (Å²) in [4.78, 5) is 2.28. The molecule has 7 heteroatoms. The average molecular weight is 664 g/mol. The highest BCUT2D eigenvalue weighted by atomic mass is 28.4. The van der Waals surface area contributed by atoms with Crippen LogP contribution in [-0.4, -0.2) is 28.5 Å². The summed E-state index contributed by atoms with van der Waals surface area (Å²) in [5.41, 5.74) is 9.59. The quantitative estimate of drug-likeness (QED) is 0.120. The Balaban J connectivity index is 1.47. The number of para-hydroxylation sites is 1. The molecule has 0 N–H and O–H groups in total. The average Bonchev–Trinajstić information content (AvgIpc) is 3.52. The van der Waals surface area contributed by atoms with Crippen molar-refractivity contribution in [1.82, 2.24) is 20.2 Å². The Bertz CT molecular complexity index is 1960. The van der Waals surface area contributed by atoms with Gasteiger partial charge in [-0.1, -0.05) is 141 Å². The van der Waals surface area contributed by atoms with Crippen molar-refractivity contribution < 1.29 is 4.43 Å². The molecule has 1 aromatic heterocycles. The highest BCUT2D eigenvalue weighted by Crippen LogP contribution is 2.47. The molecule has 0 bridgehead atoms. The molecule has 0 aliphatic carbocycles. The van der Waals surface area contributed by atoms with E-state index < -0.39 is 13.9 Å². The summed E-state index contributed by atoms with van der Waals surface area (Å²) in [5.74, 6) is 0.650. The van der Waals surface area contributed by atoms with Crippen molar-refractivity contribution in [2.45, 2.75) is 70.8 Å². The van der Waals surface area contributed by atoms with E-state index in [1.54, 1.807) is 0 Å². The molecule has 1 aliphatic heterocycles. The maximum Gasteiger partial charge on any atom is 0.256 e. The monoisotopic (exact) mass is 663 g/mol. The number of rotatable bonds is 8. The third-order valence-electron chi connectivity index (χ3n) is 10.7. The second-order valence-electron chi connectivity index (χ2n) is 14.6. The van der Waals surface area contributed by atoms with Crippen LogP contribution in [0.3, 0.4) is 0 Å². The SMILES string of the molecule is Cc1c(CO[Si](C)(C)C(C)(C)C)ccc2c1CCc1ccccc1N2c1nnnn1C(c1ccccc1)(c1ccccc1)c1ccccc1. The van der Waals surface area contributed by atoms with Crippen molar-refractivity contribution in [2.24, 2.45) is 0 Å². The topological polar surface area (TPSA) is 56.1 Å². The van der Waals surface area contributed by atoms with Gasteiger partial charge in [0.1, 0.15) is 5.54 Å². The molecule has 6 aromatic rings. The zero-order chi connectivity index (χ0) is 34.2. The third kappa shape index (κ3) is 5.71. The maximum atomic E-state index is 6.74. The summed E-state index contributed by atoms with van der Waals surface area (Å²) < 4.78 is 8.77. The standard InChI is InChI=1S/C42H45N5OSi/c1-31-33(30-48-49(5,6)41(2,3)4)27-29-39-37(31)28-26-32-18-16-17-25-38(32)46(39)40-43-44-45-47(40)42(34-19-10-7-11-20-34,35-21-12-8-13-22-35)36-23-14-9-15-24-36/h7-25,27,29H,26,28,30H2,1-6H3. The van der Waals surface area contributed by atoms with Gasteiger partial charge in [-0.25, -0.2) is 0 Å². The lowest BCUT2D eigenvalue weighted by Gasteiger charge is -2.38. The molecule has 0 amide bonds. The van der Waals surface area contributed by atoms with Gasteiger partial charge in [0.25, 0.3) is 5.95 Å². The van der Waals surface area contributed by atoms with Gasteiger partial charge in [0.15, 0.2) is 8.32 Å². The van der Waals surface area contributed by atoms with Crippen molar-refractivity contribution >= 4 is 25.6 Å². The summed E-state index contributed by atoms with van der Waals surface area (Å²) >= 11 is 0. The van der Waals surface area contributed by atoms with E-state index in [4.69, 9.17) is 14.7 Å². The normalized spacial score (nSPS) is 13.5. The van der Waals surface area contributed by atoms with E-state index in [1.165, 1.54) is 22.3 Å². The van der Waals surface area contributed by atoms with Crippen LogP contribution >= 0.6 is 0 Å². The van der Waals surface area contributed by atoms with Crippen LogP contribution < -0.4 is 4.90 Å². The van der Waals surface area contributed by atoms with E-state index >= 15 is 0 Å². The predicted octanol–water partition coefficient (Wildman–Crippen LogP) is 9.91. The van der Waals surface area contributed by atoms with E-state index in [1.807, 2.05) is 4.68 Å². The Labute approximate surface area is 291 Å². The molecule has 0 spiro atoms. The van der Waals surface area contributed by atoms with Crippen molar-refractivity contribution in [2.75, 3.05) is 4.90 Å².